The second kappa shape index (κ2) is 5.26. The zero-order valence-corrected chi connectivity index (χ0v) is 9.61. The van der Waals surface area contributed by atoms with E-state index in [0.717, 1.165) is 5.57 Å². The van der Waals surface area contributed by atoms with Crippen LogP contribution in [0, 0.1) is 0 Å². The van der Waals surface area contributed by atoms with Gasteiger partial charge in [-0.1, -0.05) is 0 Å². The average Bonchev–Trinajstić information content (AvgIpc) is 2.25. The third-order valence-electron chi connectivity index (χ3n) is 1.96. The highest BCUT2D eigenvalue weighted by atomic mass is 16.5. The van der Waals surface area contributed by atoms with Gasteiger partial charge in [0.1, 0.15) is 5.75 Å². The van der Waals surface area contributed by atoms with Crippen LogP contribution in [-0.4, -0.2) is 12.1 Å². The molecule has 0 saturated heterocycles. The molecule has 0 aliphatic rings. The van der Waals surface area contributed by atoms with Gasteiger partial charge in [0.05, 0.1) is 11.8 Å². The van der Waals surface area contributed by atoms with Crippen molar-refractivity contribution in [2.24, 2.45) is 0 Å². The summed E-state index contributed by atoms with van der Waals surface area (Å²) in [6.45, 7) is 5.25. The van der Waals surface area contributed by atoms with Crippen molar-refractivity contribution in [3.63, 3.8) is 0 Å². The van der Waals surface area contributed by atoms with E-state index in [-0.39, 0.29) is 5.78 Å². The van der Waals surface area contributed by atoms with Gasteiger partial charge in [0.15, 0.2) is 12.1 Å². The maximum atomic E-state index is 11.1. The quantitative estimate of drug-likeness (QED) is 0.443. The molecule has 3 nitrogen and oxygen atoms in total. The van der Waals surface area contributed by atoms with E-state index in [1.54, 1.807) is 18.4 Å². The van der Waals surface area contributed by atoms with Crippen LogP contribution < -0.4 is 4.74 Å². The molecule has 0 aliphatic heterocycles. The van der Waals surface area contributed by atoms with Gasteiger partial charge in [-0.3, -0.25) is 9.59 Å². The summed E-state index contributed by atoms with van der Waals surface area (Å²) in [5, 5.41) is 0. The molecule has 0 amide bonds. The number of ether oxygens (including phenoxy) is 1. The maximum Gasteiger partial charge on any atom is 0.159 e. The highest BCUT2D eigenvalue weighted by molar-refractivity contribution is 5.96. The molecule has 0 fully saturated rings. The number of aldehydes is 1. The molecule has 0 saturated carbocycles. The third-order valence-corrected chi connectivity index (χ3v) is 1.96. The van der Waals surface area contributed by atoms with Gasteiger partial charge in [-0.05, 0) is 44.5 Å². The van der Waals surface area contributed by atoms with Gasteiger partial charge in [0.25, 0.3) is 0 Å². The van der Waals surface area contributed by atoms with E-state index >= 15 is 0 Å². The number of carbonyl (C=O) groups excluding carboxylic acids is 2. The highest BCUT2D eigenvalue weighted by Crippen LogP contribution is 2.19. The smallest absolute Gasteiger partial charge is 0.159 e. The van der Waals surface area contributed by atoms with Crippen LogP contribution >= 0.6 is 0 Å². The Morgan fingerprint density at radius 2 is 1.94 bits per heavy atom. The molecule has 3 heteroatoms. The van der Waals surface area contributed by atoms with Gasteiger partial charge in [0.2, 0.25) is 0 Å². The molecule has 0 heterocycles. The Labute approximate surface area is 94.7 Å². The molecule has 0 spiro atoms. The van der Waals surface area contributed by atoms with Gasteiger partial charge < -0.3 is 4.74 Å². The van der Waals surface area contributed by atoms with Crippen LogP contribution in [0.3, 0.4) is 0 Å². The zero-order valence-electron chi connectivity index (χ0n) is 9.61. The van der Waals surface area contributed by atoms with Gasteiger partial charge in [-0.2, -0.15) is 0 Å². The lowest BCUT2D eigenvalue weighted by Crippen LogP contribution is -1.96. The fourth-order valence-corrected chi connectivity index (χ4v) is 1.15. The molecule has 0 aromatic heterocycles. The van der Waals surface area contributed by atoms with Gasteiger partial charge in [-0.15, -0.1) is 0 Å². The molecule has 0 aliphatic carbocycles. The predicted octanol–water partition coefficient (Wildman–Crippen LogP) is 3.00. The number of benzene rings is 1. The van der Waals surface area contributed by atoms with Crippen LogP contribution in [0.4, 0.5) is 0 Å². The first-order chi connectivity index (χ1) is 7.54. The van der Waals surface area contributed by atoms with E-state index in [0.29, 0.717) is 23.2 Å². The van der Waals surface area contributed by atoms with Crippen molar-refractivity contribution < 1.29 is 14.3 Å². The molecule has 1 aromatic rings. The number of ketones is 1. The summed E-state index contributed by atoms with van der Waals surface area (Å²) < 4.78 is 5.32. The summed E-state index contributed by atoms with van der Waals surface area (Å²) in [7, 11) is 0. The summed E-state index contributed by atoms with van der Waals surface area (Å²) in [4.78, 5) is 22.0. The molecule has 1 rings (SSSR count). The van der Waals surface area contributed by atoms with E-state index < -0.39 is 0 Å². The lowest BCUT2D eigenvalue weighted by atomic mass is 10.1. The number of hydrogen-bond acceptors (Lipinski definition) is 3. The second-order valence-electron chi connectivity index (χ2n) is 3.74. The summed E-state index contributed by atoms with van der Waals surface area (Å²) in [6, 6.07) is 4.80. The Kier molecular flexibility index (Phi) is 4.00. The predicted molar refractivity (Wildman–Crippen MR) is 61.9 cm³/mol. The number of hydrogen-bond donors (Lipinski definition) is 0. The first-order valence-electron chi connectivity index (χ1n) is 4.95. The molecule has 0 radical (unpaired) electrons. The summed E-state index contributed by atoms with van der Waals surface area (Å²) in [6.07, 6.45) is 2.25. The van der Waals surface area contributed by atoms with Crippen molar-refractivity contribution in [3.05, 3.63) is 41.2 Å². The van der Waals surface area contributed by atoms with Gasteiger partial charge in [-0.25, -0.2) is 0 Å². The Morgan fingerprint density at radius 1 is 1.25 bits per heavy atom. The van der Waals surface area contributed by atoms with Crippen LogP contribution in [0.1, 0.15) is 41.5 Å². The molecular formula is C13H14O3. The maximum absolute atomic E-state index is 11.1. The van der Waals surface area contributed by atoms with E-state index in [1.807, 2.05) is 13.8 Å². The van der Waals surface area contributed by atoms with E-state index in [4.69, 9.17) is 4.74 Å². The van der Waals surface area contributed by atoms with Crippen molar-refractivity contribution in [2.45, 2.75) is 20.8 Å². The Hall–Kier alpha value is -1.90. The minimum Gasteiger partial charge on any atom is -0.464 e. The fourth-order valence-electron chi connectivity index (χ4n) is 1.15. The second-order valence-corrected chi connectivity index (χ2v) is 3.74. The van der Waals surface area contributed by atoms with E-state index in [1.165, 1.54) is 13.0 Å². The van der Waals surface area contributed by atoms with Crippen molar-refractivity contribution in [1.82, 2.24) is 0 Å². The standard InChI is InChI=1S/C13H14O3/c1-9(2)8-16-13-5-4-11(10(3)15)6-12(13)7-14/h4-8H,1-3H3. The molecule has 84 valence electrons. The molecule has 16 heavy (non-hydrogen) atoms. The van der Waals surface area contributed by atoms with E-state index in [2.05, 4.69) is 0 Å². The van der Waals surface area contributed by atoms with E-state index in [9.17, 15) is 9.59 Å². The molecule has 0 bridgehead atoms. The first kappa shape index (κ1) is 12.2. The summed E-state index contributed by atoms with van der Waals surface area (Å²) in [5.41, 5.74) is 1.88. The minimum atomic E-state index is -0.0723. The molecule has 0 unspecified atom stereocenters. The van der Waals surface area contributed by atoms with Crippen molar-refractivity contribution >= 4 is 12.1 Å². The SMILES string of the molecule is CC(=O)c1ccc(OC=C(C)C)c(C=O)c1. The largest absolute Gasteiger partial charge is 0.464 e. The molecule has 0 atom stereocenters. The monoisotopic (exact) mass is 218 g/mol. The average molecular weight is 218 g/mol. The lowest BCUT2D eigenvalue weighted by molar-refractivity contribution is 0.101. The third kappa shape index (κ3) is 3.05. The van der Waals surface area contributed by atoms with Crippen LogP contribution in [0.5, 0.6) is 5.75 Å². The van der Waals surface area contributed by atoms with Crippen LogP contribution in [0.25, 0.3) is 0 Å². The topological polar surface area (TPSA) is 43.4 Å². The molecule has 1 aromatic carbocycles. The van der Waals surface area contributed by atoms with Gasteiger partial charge in [0, 0.05) is 5.56 Å². The lowest BCUT2D eigenvalue weighted by Gasteiger charge is -2.05. The van der Waals surface area contributed by atoms with Crippen LogP contribution in [0.15, 0.2) is 30.0 Å². The number of allylic oxidation sites excluding steroid dienone is 1. The van der Waals surface area contributed by atoms with Gasteiger partial charge >= 0.3 is 0 Å². The molecular weight excluding hydrogens is 204 g/mol. The Balaban J connectivity index is 3.07. The number of Topliss-reactive ketones (excluding diaryl/α,β-unsaturated/α-hetero) is 1. The molecule has 0 N–H and O–H groups in total. The first-order valence-corrected chi connectivity index (χ1v) is 4.95. The van der Waals surface area contributed by atoms with Crippen molar-refractivity contribution in [2.75, 3.05) is 0 Å². The number of rotatable bonds is 4. The highest BCUT2D eigenvalue weighted by Gasteiger charge is 2.06. The Morgan fingerprint density at radius 3 is 2.44 bits per heavy atom. The van der Waals surface area contributed by atoms with Crippen LogP contribution in [-0.2, 0) is 0 Å². The normalized spacial score (nSPS) is 9.44. The minimum absolute atomic E-state index is 0.0723. The number of carbonyl (C=O) groups is 2. The summed E-state index contributed by atoms with van der Waals surface area (Å²) in [5.74, 6) is 0.387. The summed E-state index contributed by atoms with van der Waals surface area (Å²) >= 11 is 0. The van der Waals surface area contributed by atoms with Crippen molar-refractivity contribution in [1.29, 1.82) is 0 Å². The zero-order chi connectivity index (χ0) is 12.1. The van der Waals surface area contributed by atoms with Crippen molar-refractivity contribution in [3.8, 4) is 5.75 Å². The Bertz CT molecular complexity index is 440. The van der Waals surface area contributed by atoms with Crippen LogP contribution in [0.2, 0.25) is 0 Å². The fraction of sp³-hybridized carbons (Fsp3) is 0.231.